The first-order chi connectivity index (χ1) is 12.4. The average molecular weight is 374 g/mol. The van der Waals surface area contributed by atoms with Gasteiger partial charge in [-0.05, 0) is 31.5 Å². The van der Waals surface area contributed by atoms with Gasteiger partial charge in [-0.2, -0.15) is 0 Å². The van der Waals surface area contributed by atoms with E-state index in [2.05, 4.69) is 15.2 Å². The maximum Gasteiger partial charge on any atom is 0.339 e. The number of aromatic amines is 1. The summed E-state index contributed by atoms with van der Waals surface area (Å²) in [7, 11) is 3.13. The number of carbonyl (C=O) groups excluding carboxylic acids is 2. The molecule has 3 aromatic rings. The van der Waals surface area contributed by atoms with E-state index < -0.39 is 5.97 Å². The molecule has 0 fully saturated rings. The van der Waals surface area contributed by atoms with E-state index in [1.807, 2.05) is 7.05 Å². The van der Waals surface area contributed by atoms with Crippen LogP contribution in [0.15, 0.2) is 28.0 Å². The summed E-state index contributed by atoms with van der Waals surface area (Å²) in [4.78, 5) is 27.4. The summed E-state index contributed by atoms with van der Waals surface area (Å²) < 4.78 is 11.9. The molecule has 0 saturated carbocycles. The normalized spacial score (nSPS) is 10.9. The van der Waals surface area contributed by atoms with Crippen molar-refractivity contribution >= 4 is 23.5 Å². The van der Waals surface area contributed by atoms with Crippen molar-refractivity contribution < 1.29 is 18.7 Å². The van der Waals surface area contributed by atoms with Crippen LogP contribution in [0.2, 0.25) is 0 Å². The summed E-state index contributed by atoms with van der Waals surface area (Å²) in [5.74, 6) is 0.764. The maximum atomic E-state index is 12.6. The number of furan rings is 1. The summed E-state index contributed by atoms with van der Waals surface area (Å²) in [5.41, 5.74) is 2.01. The molecule has 1 N–H and O–H groups in total. The Morgan fingerprint density at radius 3 is 2.77 bits per heavy atom. The number of nitrogens with one attached hydrogen (secondary N) is 1. The van der Waals surface area contributed by atoms with E-state index in [1.165, 1.54) is 18.9 Å². The number of methoxy groups -OCH3 is 1. The first-order valence-corrected chi connectivity index (χ1v) is 8.79. The number of aromatic nitrogens is 4. The summed E-state index contributed by atoms with van der Waals surface area (Å²) in [6, 6.07) is 3.57. The third kappa shape index (κ3) is 3.17. The zero-order valence-electron chi connectivity index (χ0n) is 14.8. The van der Waals surface area contributed by atoms with Gasteiger partial charge in [0.05, 0.1) is 30.4 Å². The Hall–Kier alpha value is -2.81. The Morgan fingerprint density at radius 1 is 1.35 bits per heavy atom. The quantitative estimate of drug-likeness (QED) is 0.402. The van der Waals surface area contributed by atoms with E-state index in [0.29, 0.717) is 39.3 Å². The molecule has 0 aliphatic rings. The lowest BCUT2D eigenvalue weighted by molar-refractivity contribution is 0.0599. The van der Waals surface area contributed by atoms with E-state index >= 15 is 0 Å². The molecule has 0 aliphatic carbocycles. The molecule has 0 aliphatic heterocycles. The number of ketones is 1. The van der Waals surface area contributed by atoms with Gasteiger partial charge >= 0.3 is 5.97 Å². The molecule has 0 radical (unpaired) electrons. The van der Waals surface area contributed by atoms with Crippen LogP contribution in [0.4, 0.5) is 0 Å². The first-order valence-electron chi connectivity index (χ1n) is 7.80. The predicted molar refractivity (Wildman–Crippen MR) is 95.4 cm³/mol. The molecule has 9 heteroatoms. The molecule has 26 heavy (non-hydrogen) atoms. The molecule has 3 aromatic heterocycles. The summed E-state index contributed by atoms with van der Waals surface area (Å²) in [5, 5.41) is 8.80. The summed E-state index contributed by atoms with van der Waals surface area (Å²) in [6.07, 6.45) is 1.57. The standard InChI is InChI=1S/C17H18N4O4S/c1-9-13(16(23)24-4)10(2)18-14(9)11(22)8-26-17-20-19-15(21(17)3)12-6-5-7-25-12/h5-7,18H,8H2,1-4H3. The molecule has 0 amide bonds. The monoisotopic (exact) mass is 374 g/mol. The number of hydrogen-bond acceptors (Lipinski definition) is 7. The Morgan fingerprint density at radius 2 is 2.12 bits per heavy atom. The number of esters is 1. The highest BCUT2D eigenvalue weighted by Gasteiger charge is 2.23. The zero-order chi connectivity index (χ0) is 18.8. The minimum absolute atomic E-state index is 0.131. The van der Waals surface area contributed by atoms with Gasteiger partial charge in [0.25, 0.3) is 0 Å². The van der Waals surface area contributed by atoms with Crippen molar-refractivity contribution in [3.05, 3.63) is 40.9 Å². The number of thioether (sulfide) groups is 1. The molecule has 3 heterocycles. The van der Waals surface area contributed by atoms with Crippen LogP contribution in [0.5, 0.6) is 0 Å². The van der Waals surface area contributed by atoms with Crippen molar-refractivity contribution in [1.29, 1.82) is 0 Å². The molecule has 0 saturated heterocycles. The molecule has 0 spiro atoms. The maximum absolute atomic E-state index is 12.6. The fourth-order valence-corrected chi connectivity index (χ4v) is 3.48. The first kappa shape index (κ1) is 18.0. The number of carbonyl (C=O) groups is 2. The van der Waals surface area contributed by atoms with Gasteiger partial charge in [-0.3, -0.25) is 4.79 Å². The number of ether oxygens (including phenoxy) is 1. The molecule has 0 unspecified atom stereocenters. The molecule has 3 rings (SSSR count). The second-order valence-corrected chi connectivity index (χ2v) is 6.61. The van der Waals surface area contributed by atoms with Gasteiger partial charge in [0.1, 0.15) is 0 Å². The molecule has 0 bridgehead atoms. The zero-order valence-corrected chi connectivity index (χ0v) is 15.6. The van der Waals surface area contributed by atoms with Crippen LogP contribution in [-0.2, 0) is 11.8 Å². The highest BCUT2D eigenvalue weighted by molar-refractivity contribution is 7.99. The Bertz CT molecular complexity index is 956. The van der Waals surface area contributed by atoms with Crippen LogP contribution in [0.3, 0.4) is 0 Å². The lowest BCUT2D eigenvalue weighted by Gasteiger charge is -2.03. The topological polar surface area (TPSA) is 103 Å². The Kier molecular flexibility index (Phi) is 4.99. The smallest absolute Gasteiger partial charge is 0.339 e. The van der Waals surface area contributed by atoms with E-state index in [-0.39, 0.29) is 11.5 Å². The third-order valence-corrected chi connectivity index (χ3v) is 5.03. The molecular formula is C17H18N4O4S. The summed E-state index contributed by atoms with van der Waals surface area (Å²) in [6.45, 7) is 3.46. The fraction of sp³-hybridized carbons (Fsp3) is 0.294. The van der Waals surface area contributed by atoms with Crippen molar-refractivity contribution in [3.63, 3.8) is 0 Å². The van der Waals surface area contributed by atoms with Crippen molar-refractivity contribution in [2.45, 2.75) is 19.0 Å². The Labute approximate surface area is 153 Å². The third-order valence-electron chi connectivity index (χ3n) is 4.01. The van der Waals surface area contributed by atoms with Gasteiger partial charge in [0, 0.05) is 12.7 Å². The second kappa shape index (κ2) is 7.20. The number of Topliss-reactive ketones (excluding diaryl/α,β-unsaturated/α-hetero) is 1. The molecule has 0 atom stereocenters. The molecular weight excluding hydrogens is 356 g/mol. The van der Waals surface area contributed by atoms with E-state index in [0.717, 1.165) is 0 Å². The van der Waals surface area contributed by atoms with Crippen LogP contribution in [0.25, 0.3) is 11.6 Å². The minimum Gasteiger partial charge on any atom is -0.465 e. The number of rotatable bonds is 6. The lowest BCUT2D eigenvalue weighted by atomic mass is 10.1. The molecule has 8 nitrogen and oxygen atoms in total. The number of hydrogen-bond donors (Lipinski definition) is 1. The van der Waals surface area contributed by atoms with E-state index in [9.17, 15) is 9.59 Å². The SMILES string of the molecule is COC(=O)c1c(C)[nH]c(C(=O)CSc2nnc(-c3ccco3)n2C)c1C. The predicted octanol–water partition coefficient (Wildman–Crippen LogP) is 2.78. The average Bonchev–Trinajstić information content (AvgIpc) is 3.32. The van der Waals surface area contributed by atoms with Crippen LogP contribution in [-0.4, -0.2) is 44.4 Å². The molecule has 0 aromatic carbocycles. The highest BCUT2D eigenvalue weighted by atomic mass is 32.2. The van der Waals surface area contributed by atoms with E-state index in [4.69, 9.17) is 9.15 Å². The van der Waals surface area contributed by atoms with Gasteiger partial charge in [-0.25, -0.2) is 4.79 Å². The van der Waals surface area contributed by atoms with Gasteiger partial charge in [0.2, 0.25) is 0 Å². The number of nitrogens with zero attached hydrogens (tertiary/aromatic N) is 3. The number of aryl methyl sites for hydroxylation is 1. The van der Waals surface area contributed by atoms with Crippen LogP contribution in [0, 0.1) is 13.8 Å². The van der Waals surface area contributed by atoms with Crippen LogP contribution < -0.4 is 0 Å². The van der Waals surface area contributed by atoms with E-state index in [1.54, 1.807) is 36.8 Å². The largest absolute Gasteiger partial charge is 0.465 e. The summed E-state index contributed by atoms with van der Waals surface area (Å²) >= 11 is 1.27. The van der Waals surface area contributed by atoms with Gasteiger partial charge in [0.15, 0.2) is 22.5 Å². The highest BCUT2D eigenvalue weighted by Crippen LogP contribution is 2.25. The Balaban J connectivity index is 1.75. The van der Waals surface area contributed by atoms with Gasteiger partial charge in [-0.1, -0.05) is 11.8 Å². The fourth-order valence-electron chi connectivity index (χ4n) is 2.70. The lowest BCUT2D eigenvalue weighted by Crippen LogP contribution is -2.07. The van der Waals surface area contributed by atoms with Crippen molar-refractivity contribution in [2.75, 3.05) is 12.9 Å². The van der Waals surface area contributed by atoms with Crippen molar-refractivity contribution in [2.24, 2.45) is 7.05 Å². The van der Waals surface area contributed by atoms with Crippen LogP contribution >= 0.6 is 11.8 Å². The second-order valence-electron chi connectivity index (χ2n) is 5.67. The van der Waals surface area contributed by atoms with Crippen molar-refractivity contribution in [3.8, 4) is 11.6 Å². The van der Waals surface area contributed by atoms with Gasteiger partial charge in [-0.15, -0.1) is 10.2 Å². The van der Waals surface area contributed by atoms with Gasteiger partial charge < -0.3 is 18.7 Å². The van der Waals surface area contributed by atoms with Crippen molar-refractivity contribution in [1.82, 2.24) is 19.7 Å². The van der Waals surface area contributed by atoms with Crippen LogP contribution in [0.1, 0.15) is 32.1 Å². The number of H-pyrrole nitrogens is 1. The molecule has 136 valence electrons. The minimum atomic E-state index is -0.459.